The second kappa shape index (κ2) is 6.30. The minimum atomic E-state index is -0.161. The van der Waals surface area contributed by atoms with Crippen LogP contribution in [0, 0.1) is 12.3 Å². The number of carbonyl (C=O) groups is 1. The molecular formula is C20H26N4O. The Hall–Kier alpha value is -2.14. The Morgan fingerprint density at radius 2 is 2.00 bits per heavy atom. The first-order valence-corrected chi connectivity index (χ1v) is 9.09. The first kappa shape index (κ1) is 16.3. The van der Waals surface area contributed by atoms with E-state index in [4.69, 9.17) is 0 Å². The number of aromatic nitrogens is 2. The normalized spacial score (nSPS) is 23.9. The lowest BCUT2D eigenvalue weighted by molar-refractivity contribution is -0.136. The summed E-state index contributed by atoms with van der Waals surface area (Å²) in [4.78, 5) is 17.6. The van der Waals surface area contributed by atoms with Crippen LogP contribution in [0.5, 0.6) is 0 Å². The molecule has 132 valence electrons. The number of nitrogens with zero attached hydrogens (tertiary/aromatic N) is 4. The van der Waals surface area contributed by atoms with E-state index in [9.17, 15) is 4.79 Å². The van der Waals surface area contributed by atoms with Gasteiger partial charge in [-0.1, -0.05) is 29.8 Å². The minimum absolute atomic E-state index is 0.161. The van der Waals surface area contributed by atoms with Gasteiger partial charge in [0.2, 0.25) is 5.91 Å². The number of amides is 1. The van der Waals surface area contributed by atoms with Crippen LogP contribution in [-0.2, 0) is 24.9 Å². The summed E-state index contributed by atoms with van der Waals surface area (Å²) < 4.78 is 1.84. The maximum absolute atomic E-state index is 13.1. The van der Waals surface area contributed by atoms with Crippen molar-refractivity contribution in [3.63, 3.8) is 0 Å². The van der Waals surface area contributed by atoms with Crippen molar-refractivity contribution in [3.8, 4) is 0 Å². The molecule has 2 saturated heterocycles. The van der Waals surface area contributed by atoms with Gasteiger partial charge in [-0.05, 0) is 31.9 Å². The first-order valence-electron chi connectivity index (χ1n) is 9.09. The highest BCUT2D eigenvalue weighted by Gasteiger charge is 2.50. The molecule has 0 unspecified atom stereocenters. The fourth-order valence-electron chi connectivity index (χ4n) is 4.36. The van der Waals surface area contributed by atoms with Crippen LogP contribution in [0.15, 0.2) is 36.7 Å². The molecule has 5 heteroatoms. The number of hydrogen-bond donors (Lipinski definition) is 0. The van der Waals surface area contributed by atoms with Gasteiger partial charge >= 0.3 is 0 Å². The van der Waals surface area contributed by atoms with Crippen LogP contribution in [0.2, 0.25) is 0 Å². The third-order valence-electron chi connectivity index (χ3n) is 5.65. The standard InChI is InChI=1S/C20H26N4O/c1-16-4-3-5-17(10-16)14-24-9-7-20(19(24)25)6-8-23(15-20)13-18-11-21-22(2)12-18/h3-5,10-12H,6-9,13-15H2,1-2H3/t20-/m0/s1. The van der Waals surface area contributed by atoms with E-state index < -0.39 is 0 Å². The number of likely N-dealkylation sites (tertiary alicyclic amines) is 2. The second-order valence-corrected chi connectivity index (χ2v) is 7.73. The molecular weight excluding hydrogens is 312 g/mol. The molecule has 4 rings (SSSR count). The Bertz CT molecular complexity index is 784. The molecule has 2 aliphatic rings. The number of benzene rings is 1. The summed E-state index contributed by atoms with van der Waals surface area (Å²) >= 11 is 0. The molecule has 2 aliphatic heterocycles. The molecule has 25 heavy (non-hydrogen) atoms. The van der Waals surface area contributed by atoms with Gasteiger partial charge in [-0.2, -0.15) is 5.10 Å². The Labute approximate surface area is 149 Å². The van der Waals surface area contributed by atoms with Gasteiger partial charge in [0, 0.05) is 45.0 Å². The zero-order valence-corrected chi connectivity index (χ0v) is 15.1. The van der Waals surface area contributed by atoms with Crippen molar-refractivity contribution >= 4 is 5.91 Å². The molecule has 2 fully saturated rings. The highest BCUT2D eigenvalue weighted by atomic mass is 16.2. The minimum Gasteiger partial charge on any atom is -0.338 e. The third-order valence-corrected chi connectivity index (χ3v) is 5.65. The molecule has 2 aromatic rings. The van der Waals surface area contributed by atoms with Gasteiger partial charge in [0.05, 0.1) is 11.6 Å². The molecule has 1 aromatic carbocycles. The van der Waals surface area contributed by atoms with Gasteiger partial charge in [-0.15, -0.1) is 0 Å². The van der Waals surface area contributed by atoms with Crippen molar-refractivity contribution in [2.24, 2.45) is 12.5 Å². The Morgan fingerprint density at radius 3 is 2.76 bits per heavy atom. The van der Waals surface area contributed by atoms with Crippen LogP contribution in [0.3, 0.4) is 0 Å². The second-order valence-electron chi connectivity index (χ2n) is 7.73. The third kappa shape index (κ3) is 3.21. The molecule has 1 spiro atoms. The summed E-state index contributed by atoms with van der Waals surface area (Å²) in [6.07, 6.45) is 5.95. The monoisotopic (exact) mass is 338 g/mol. The Morgan fingerprint density at radius 1 is 1.16 bits per heavy atom. The highest BCUT2D eigenvalue weighted by Crippen LogP contribution is 2.41. The topological polar surface area (TPSA) is 41.4 Å². The predicted molar refractivity (Wildman–Crippen MR) is 96.7 cm³/mol. The van der Waals surface area contributed by atoms with E-state index in [-0.39, 0.29) is 5.41 Å². The zero-order valence-electron chi connectivity index (χ0n) is 15.1. The maximum atomic E-state index is 13.1. The quantitative estimate of drug-likeness (QED) is 0.859. The number of hydrogen-bond acceptors (Lipinski definition) is 3. The van der Waals surface area contributed by atoms with E-state index >= 15 is 0 Å². The summed E-state index contributed by atoms with van der Waals surface area (Å²) in [5, 5.41) is 4.24. The van der Waals surface area contributed by atoms with Gasteiger partial charge in [0.1, 0.15) is 0 Å². The summed E-state index contributed by atoms with van der Waals surface area (Å²) in [7, 11) is 1.94. The summed E-state index contributed by atoms with van der Waals surface area (Å²) in [5.74, 6) is 0.350. The van der Waals surface area contributed by atoms with Crippen LogP contribution in [-0.4, -0.2) is 45.1 Å². The molecule has 0 saturated carbocycles. The van der Waals surface area contributed by atoms with Gasteiger partial charge in [-0.25, -0.2) is 0 Å². The van der Waals surface area contributed by atoms with E-state index in [0.29, 0.717) is 5.91 Å². The molecule has 1 aromatic heterocycles. The van der Waals surface area contributed by atoms with E-state index in [0.717, 1.165) is 45.6 Å². The highest BCUT2D eigenvalue weighted by molar-refractivity contribution is 5.85. The number of rotatable bonds is 4. The first-order chi connectivity index (χ1) is 12.0. The lowest BCUT2D eigenvalue weighted by atomic mass is 9.85. The Kier molecular flexibility index (Phi) is 4.12. The SMILES string of the molecule is Cc1cccc(CN2CC[C@]3(CCN(Cc4cnn(C)c4)C3)C2=O)c1. The molecule has 1 atom stereocenters. The van der Waals surface area contributed by atoms with E-state index in [1.807, 2.05) is 17.9 Å². The predicted octanol–water partition coefficient (Wildman–Crippen LogP) is 2.35. The van der Waals surface area contributed by atoms with E-state index in [1.165, 1.54) is 16.7 Å². The lowest BCUT2D eigenvalue weighted by Crippen LogP contribution is -2.36. The van der Waals surface area contributed by atoms with Gasteiger partial charge in [-0.3, -0.25) is 14.4 Å². The van der Waals surface area contributed by atoms with Crippen LogP contribution < -0.4 is 0 Å². The van der Waals surface area contributed by atoms with Crippen molar-refractivity contribution in [2.75, 3.05) is 19.6 Å². The molecule has 0 bridgehead atoms. The van der Waals surface area contributed by atoms with Crippen LogP contribution in [0.25, 0.3) is 0 Å². The molecule has 3 heterocycles. The molecule has 1 amide bonds. The summed E-state index contributed by atoms with van der Waals surface area (Å²) in [6.45, 7) is 6.49. The molecule has 5 nitrogen and oxygen atoms in total. The van der Waals surface area contributed by atoms with Crippen LogP contribution in [0.1, 0.15) is 29.5 Å². The van der Waals surface area contributed by atoms with E-state index in [2.05, 4.69) is 52.3 Å². The molecule has 0 radical (unpaired) electrons. The zero-order chi connectivity index (χ0) is 17.4. The lowest BCUT2D eigenvalue weighted by Gasteiger charge is -2.23. The average Bonchev–Trinajstić information content (AvgIpc) is 3.25. The smallest absolute Gasteiger partial charge is 0.230 e. The molecule has 0 aliphatic carbocycles. The van der Waals surface area contributed by atoms with Crippen molar-refractivity contribution in [1.82, 2.24) is 19.6 Å². The summed E-state index contributed by atoms with van der Waals surface area (Å²) in [6, 6.07) is 8.48. The average molecular weight is 338 g/mol. The van der Waals surface area contributed by atoms with Gasteiger partial charge in [0.25, 0.3) is 0 Å². The van der Waals surface area contributed by atoms with Crippen molar-refractivity contribution in [2.45, 2.75) is 32.9 Å². The fraction of sp³-hybridized carbons (Fsp3) is 0.500. The number of carbonyl (C=O) groups excluding carboxylic acids is 1. The Balaban J connectivity index is 1.41. The number of aryl methyl sites for hydroxylation is 2. The van der Waals surface area contributed by atoms with Crippen LogP contribution >= 0.6 is 0 Å². The van der Waals surface area contributed by atoms with Crippen molar-refractivity contribution in [1.29, 1.82) is 0 Å². The van der Waals surface area contributed by atoms with Crippen molar-refractivity contribution < 1.29 is 4.79 Å². The fourth-order valence-corrected chi connectivity index (χ4v) is 4.36. The van der Waals surface area contributed by atoms with Crippen LogP contribution in [0.4, 0.5) is 0 Å². The summed E-state index contributed by atoms with van der Waals surface area (Å²) in [5.41, 5.74) is 3.55. The maximum Gasteiger partial charge on any atom is 0.230 e. The van der Waals surface area contributed by atoms with Gasteiger partial charge < -0.3 is 4.90 Å². The molecule has 0 N–H and O–H groups in total. The van der Waals surface area contributed by atoms with Gasteiger partial charge in [0.15, 0.2) is 0 Å². The largest absolute Gasteiger partial charge is 0.338 e. The van der Waals surface area contributed by atoms with Crippen molar-refractivity contribution in [3.05, 3.63) is 53.3 Å². The van der Waals surface area contributed by atoms with E-state index in [1.54, 1.807) is 0 Å².